The summed E-state index contributed by atoms with van der Waals surface area (Å²) in [6.45, 7) is 0. The van der Waals surface area contributed by atoms with E-state index in [-0.39, 0.29) is 12.1 Å². The summed E-state index contributed by atoms with van der Waals surface area (Å²) in [6, 6.07) is 17.9. The molecule has 0 aliphatic heterocycles. The molecule has 1 fully saturated rings. The van der Waals surface area contributed by atoms with Crippen molar-refractivity contribution in [2.45, 2.75) is 44.2 Å². The number of aromatic nitrogens is 3. The first-order valence-corrected chi connectivity index (χ1v) is 12.7. The molecule has 0 atom stereocenters. The van der Waals surface area contributed by atoms with E-state index in [1.165, 1.54) is 24.0 Å². The highest BCUT2D eigenvalue weighted by Crippen LogP contribution is 2.31. The van der Waals surface area contributed by atoms with Gasteiger partial charge in [0.15, 0.2) is 5.13 Å². The summed E-state index contributed by atoms with van der Waals surface area (Å²) < 4.78 is 5.59. The molecule has 0 saturated heterocycles. The number of nitrogens with zero attached hydrogens (tertiary/aromatic N) is 3. The number of hydrogen-bond donors (Lipinski definition) is 4. The third-order valence-electron chi connectivity index (χ3n) is 6.09. The van der Waals surface area contributed by atoms with E-state index in [4.69, 9.17) is 9.97 Å². The molecule has 9 nitrogen and oxygen atoms in total. The molecule has 1 amide bonds. The van der Waals surface area contributed by atoms with Gasteiger partial charge in [0.25, 0.3) is 0 Å². The van der Waals surface area contributed by atoms with Crippen LogP contribution in [-0.2, 0) is 11.2 Å². The monoisotopic (exact) mass is 504 g/mol. The summed E-state index contributed by atoms with van der Waals surface area (Å²) in [6.07, 6.45) is 3.28. The first kappa shape index (κ1) is 24.0. The van der Waals surface area contributed by atoms with Crippen molar-refractivity contribution in [3.05, 3.63) is 65.9 Å². The van der Waals surface area contributed by atoms with Crippen LogP contribution in [0.3, 0.4) is 0 Å². The maximum absolute atomic E-state index is 11.5. The summed E-state index contributed by atoms with van der Waals surface area (Å²) in [4.78, 5) is 25.7. The zero-order valence-electron chi connectivity index (χ0n) is 19.9. The number of benzene rings is 2. The maximum atomic E-state index is 11.5. The van der Waals surface area contributed by atoms with Crippen molar-refractivity contribution in [1.82, 2.24) is 15.0 Å². The molecule has 0 unspecified atom stereocenters. The van der Waals surface area contributed by atoms with Gasteiger partial charge in [-0.15, -0.1) is 0 Å². The number of amides is 1. The number of methoxy groups -OCH3 is 1. The second kappa shape index (κ2) is 10.9. The standard InChI is InChI=1S/C26H28N6O3S/c1-35-26(34)29-18-9-12-21-22(14-18)36-25(30-21)32-23-15-19(13-16-5-3-2-4-6-16)28-24(31-23)27-17-7-10-20(33)11-8-17/h2-6,9,12,14-15,17,20,33H,7-8,10-11,13H2,1H3,(H,29,34)(H2,27,28,30,31,32). The summed E-state index contributed by atoms with van der Waals surface area (Å²) in [5.41, 5.74) is 3.51. The molecule has 1 aliphatic carbocycles. The normalized spacial score (nSPS) is 17.5. The molecule has 5 rings (SSSR count). The Labute approximate surface area is 213 Å². The minimum atomic E-state index is -0.517. The van der Waals surface area contributed by atoms with Gasteiger partial charge in [-0.3, -0.25) is 5.32 Å². The quantitative estimate of drug-likeness (QED) is 0.267. The highest BCUT2D eigenvalue weighted by molar-refractivity contribution is 7.22. The predicted octanol–water partition coefficient (Wildman–Crippen LogP) is 5.31. The van der Waals surface area contributed by atoms with Crippen molar-refractivity contribution >= 4 is 50.2 Å². The fraction of sp³-hybridized carbons (Fsp3) is 0.308. The molecule has 2 aromatic heterocycles. The van der Waals surface area contributed by atoms with Crippen LogP contribution in [0.1, 0.15) is 36.9 Å². The molecule has 186 valence electrons. The molecule has 10 heteroatoms. The largest absolute Gasteiger partial charge is 0.453 e. The van der Waals surface area contributed by atoms with Gasteiger partial charge < -0.3 is 20.5 Å². The summed E-state index contributed by atoms with van der Waals surface area (Å²) in [5.74, 6) is 1.22. The Morgan fingerprint density at radius 1 is 1.06 bits per heavy atom. The molecular formula is C26H28N6O3S. The molecule has 36 heavy (non-hydrogen) atoms. The average Bonchev–Trinajstić information content (AvgIpc) is 3.27. The molecule has 0 radical (unpaired) electrons. The summed E-state index contributed by atoms with van der Waals surface area (Å²) in [5, 5.41) is 20.0. The molecule has 2 heterocycles. The van der Waals surface area contributed by atoms with Gasteiger partial charge in [-0.1, -0.05) is 41.7 Å². The van der Waals surface area contributed by atoms with E-state index in [1.807, 2.05) is 36.4 Å². The van der Waals surface area contributed by atoms with E-state index in [9.17, 15) is 9.90 Å². The van der Waals surface area contributed by atoms with Crippen LogP contribution >= 0.6 is 11.3 Å². The number of carbonyl (C=O) groups is 1. The predicted molar refractivity (Wildman–Crippen MR) is 142 cm³/mol. The molecule has 4 N–H and O–H groups in total. The van der Waals surface area contributed by atoms with Crippen LogP contribution in [0.25, 0.3) is 10.2 Å². The minimum Gasteiger partial charge on any atom is -0.453 e. The molecule has 4 aromatic rings. The molecule has 1 saturated carbocycles. The van der Waals surface area contributed by atoms with Gasteiger partial charge in [0.1, 0.15) is 5.82 Å². The van der Waals surface area contributed by atoms with Crippen molar-refractivity contribution in [1.29, 1.82) is 0 Å². The fourth-order valence-electron chi connectivity index (χ4n) is 4.26. The fourth-order valence-corrected chi connectivity index (χ4v) is 5.17. The van der Waals surface area contributed by atoms with Crippen molar-refractivity contribution < 1.29 is 14.6 Å². The van der Waals surface area contributed by atoms with Crippen LogP contribution in [-0.4, -0.2) is 45.4 Å². The van der Waals surface area contributed by atoms with Gasteiger partial charge in [-0.25, -0.2) is 14.8 Å². The van der Waals surface area contributed by atoms with E-state index in [0.717, 1.165) is 41.6 Å². The van der Waals surface area contributed by atoms with Crippen LogP contribution < -0.4 is 16.0 Å². The topological polar surface area (TPSA) is 121 Å². The molecule has 0 bridgehead atoms. The lowest BCUT2D eigenvalue weighted by Gasteiger charge is -2.26. The minimum absolute atomic E-state index is 0.215. The average molecular weight is 505 g/mol. The maximum Gasteiger partial charge on any atom is 0.411 e. The number of thiazole rings is 1. The van der Waals surface area contributed by atoms with E-state index in [2.05, 4.69) is 37.8 Å². The Hall–Kier alpha value is -3.76. The van der Waals surface area contributed by atoms with Gasteiger partial charge in [0.2, 0.25) is 5.95 Å². The number of fused-ring (bicyclic) bond motifs is 1. The van der Waals surface area contributed by atoms with Crippen molar-refractivity contribution in [2.24, 2.45) is 0 Å². The smallest absolute Gasteiger partial charge is 0.411 e. The van der Waals surface area contributed by atoms with Gasteiger partial charge in [0, 0.05) is 24.2 Å². The number of carbonyl (C=O) groups excluding carboxylic acids is 1. The number of hydrogen-bond acceptors (Lipinski definition) is 9. The van der Waals surface area contributed by atoms with Crippen LogP contribution in [0, 0.1) is 0 Å². The van der Waals surface area contributed by atoms with Crippen LogP contribution in [0.2, 0.25) is 0 Å². The Morgan fingerprint density at radius 2 is 1.86 bits per heavy atom. The second-order valence-electron chi connectivity index (χ2n) is 8.82. The zero-order chi connectivity index (χ0) is 24.9. The zero-order valence-corrected chi connectivity index (χ0v) is 20.7. The molecule has 2 aromatic carbocycles. The van der Waals surface area contributed by atoms with Crippen LogP contribution in [0.15, 0.2) is 54.6 Å². The van der Waals surface area contributed by atoms with Crippen molar-refractivity contribution in [2.75, 3.05) is 23.1 Å². The second-order valence-corrected chi connectivity index (χ2v) is 9.85. The number of aliphatic hydroxyl groups is 1. The number of anilines is 4. The lowest BCUT2D eigenvalue weighted by Crippen LogP contribution is -2.29. The van der Waals surface area contributed by atoms with E-state index in [1.54, 1.807) is 6.07 Å². The van der Waals surface area contributed by atoms with Gasteiger partial charge >= 0.3 is 6.09 Å². The van der Waals surface area contributed by atoms with Crippen molar-refractivity contribution in [3.8, 4) is 0 Å². The van der Waals surface area contributed by atoms with Gasteiger partial charge in [0.05, 0.1) is 29.1 Å². The number of ether oxygens (including phenoxy) is 1. The third-order valence-corrected chi connectivity index (χ3v) is 7.03. The van der Waals surface area contributed by atoms with E-state index < -0.39 is 6.09 Å². The van der Waals surface area contributed by atoms with Gasteiger partial charge in [-0.05, 0) is 49.4 Å². The van der Waals surface area contributed by atoms with Crippen LogP contribution in [0.4, 0.5) is 27.4 Å². The van der Waals surface area contributed by atoms with E-state index >= 15 is 0 Å². The molecule has 0 spiro atoms. The van der Waals surface area contributed by atoms with Gasteiger partial charge in [-0.2, -0.15) is 4.98 Å². The Bertz CT molecular complexity index is 1340. The number of rotatable bonds is 7. The Kier molecular flexibility index (Phi) is 7.24. The first-order chi connectivity index (χ1) is 17.5. The highest BCUT2D eigenvalue weighted by Gasteiger charge is 2.20. The third kappa shape index (κ3) is 6.07. The molecular weight excluding hydrogens is 476 g/mol. The highest BCUT2D eigenvalue weighted by atomic mass is 32.1. The van der Waals surface area contributed by atoms with Crippen molar-refractivity contribution in [3.63, 3.8) is 0 Å². The number of nitrogens with one attached hydrogen (secondary N) is 3. The summed E-state index contributed by atoms with van der Waals surface area (Å²) in [7, 11) is 1.33. The Balaban J connectivity index is 1.39. The lowest BCUT2D eigenvalue weighted by atomic mass is 9.93. The first-order valence-electron chi connectivity index (χ1n) is 11.9. The summed E-state index contributed by atoms with van der Waals surface area (Å²) >= 11 is 1.47. The Morgan fingerprint density at radius 3 is 2.64 bits per heavy atom. The SMILES string of the molecule is COC(=O)Nc1ccc2nc(Nc3cc(Cc4ccccc4)nc(NC4CCC(O)CC4)n3)sc2c1. The van der Waals surface area contributed by atoms with E-state index in [0.29, 0.717) is 29.0 Å². The lowest BCUT2D eigenvalue weighted by molar-refractivity contribution is 0.126. The molecule has 1 aliphatic rings. The van der Waals surface area contributed by atoms with Crippen LogP contribution in [0.5, 0.6) is 0 Å². The number of aliphatic hydroxyl groups excluding tert-OH is 1.